The van der Waals surface area contributed by atoms with E-state index in [-0.39, 0.29) is 17.8 Å². The zero-order valence-electron chi connectivity index (χ0n) is 16.8. The van der Waals surface area contributed by atoms with E-state index in [1.54, 1.807) is 12.0 Å². The molecule has 4 rings (SSSR count). The number of ether oxygens (including phenoxy) is 1. The highest BCUT2D eigenvalue weighted by atomic mass is 16.5. The van der Waals surface area contributed by atoms with Crippen LogP contribution in [0, 0.1) is 13.8 Å². The summed E-state index contributed by atoms with van der Waals surface area (Å²) in [5, 5.41) is 0. The van der Waals surface area contributed by atoms with Crippen molar-refractivity contribution < 1.29 is 14.3 Å². The van der Waals surface area contributed by atoms with Gasteiger partial charge in [0.1, 0.15) is 11.5 Å². The highest BCUT2D eigenvalue weighted by Gasteiger charge is 2.60. The van der Waals surface area contributed by atoms with Gasteiger partial charge in [-0.05, 0) is 62.8 Å². The molecular formula is C24H27NO3. The first-order chi connectivity index (χ1) is 13.5. The average Bonchev–Trinajstić information content (AvgIpc) is 2.92. The number of Topliss-reactive ketones (excluding diaryl/α,β-unsaturated/α-hetero) is 1. The summed E-state index contributed by atoms with van der Waals surface area (Å²) in [5.74, 6) is -0.774. The third kappa shape index (κ3) is 2.87. The predicted molar refractivity (Wildman–Crippen MR) is 110 cm³/mol. The van der Waals surface area contributed by atoms with Crippen LogP contribution in [0.15, 0.2) is 48.5 Å². The Hall–Kier alpha value is -2.46. The molecule has 0 N–H and O–H groups in total. The number of aryl methyl sites for hydroxylation is 2. The fraction of sp³-hybridized carbons (Fsp3) is 0.417. The van der Waals surface area contributed by atoms with E-state index in [2.05, 4.69) is 0 Å². The van der Waals surface area contributed by atoms with Crippen molar-refractivity contribution in [2.75, 3.05) is 12.0 Å². The number of ketones is 1. The highest BCUT2D eigenvalue weighted by Crippen LogP contribution is 2.48. The number of rotatable bonds is 3. The van der Waals surface area contributed by atoms with Gasteiger partial charge in [0.15, 0.2) is 5.78 Å². The van der Waals surface area contributed by atoms with Crippen LogP contribution >= 0.6 is 0 Å². The number of anilines is 1. The van der Waals surface area contributed by atoms with Gasteiger partial charge in [0.05, 0.1) is 6.10 Å². The van der Waals surface area contributed by atoms with Crippen molar-refractivity contribution in [1.82, 2.24) is 0 Å². The third-order valence-corrected chi connectivity index (χ3v) is 6.47. The number of hydrogen-bond donors (Lipinski definition) is 0. The molecule has 28 heavy (non-hydrogen) atoms. The number of carbonyl (C=O) groups excluding carboxylic acids is 2. The third-order valence-electron chi connectivity index (χ3n) is 6.47. The summed E-state index contributed by atoms with van der Waals surface area (Å²) in [6.45, 7) is 3.98. The van der Waals surface area contributed by atoms with Gasteiger partial charge < -0.3 is 4.74 Å². The molecule has 1 aliphatic heterocycles. The van der Waals surface area contributed by atoms with Crippen LogP contribution in [0.25, 0.3) is 0 Å². The first-order valence-corrected chi connectivity index (χ1v) is 10.0. The summed E-state index contributed by atoms with van der Waals surface area (Å²) in [7, 11) is 1.72. The van der Waals surface area contributed by atoms with Crippen LogP contribution in [0.5, 0.6) is 0 Å². The predicted octanol–water partition coefficient (Wildman–Crippen LogP) is 4.33. The molecule has 0 bridgehead atoms. The quantitative estimate of drug-likeness (QED) is 0.748. The molecule has 2 fully saturated rings. The number of benzene rings is 2. The van der Waals surface area contributed by atoms with Crippen LogP contribution < -0.4 is 4.90 Å². The lowest BCUT2D eigenvalue weighted by Crippen LogP contribution is -2.53. The van der Waals surface area contributed by atoms with Crippen molar-refractivity contribution in [1.29, 1.82) is 0 Å². The van der Waals surface area contributed by atoms with E-state index >= 15 is 0 Å². The van der Waals surface area contributed by atoms with Gasteiger partial charge in [-0.25, -0.2) is 0 Å². The van der Waals surface area contributed by atoms with Crippen molar-refractivity contribution in [3.05, 3.63) is 65.2 Å². The van der Waals surface area contributed by atoms with Crippen LogP contribution in [0.2, 0.25) is 0 Å². The maximum absolute atomic E-state index is 13.8. The Morgan fingerprint density at radius 3 is 2.32 bits per heavy atom. The monoisotopic (exact) mass is 377 g/mol. The van der Waals surface area contributed by atoms with Crippen LogP contribution in [-0.2, 0) is 14.3 Å². The lowest BCUT2D eigenvalue weighted by atomic mass is 9.74. The molecule has 4 heteroatoms. The Kier molecular flexibility index (Phi) is 4.84. The SMILES string of the molecule is COC1CCC2(CC1)C(=O)[C@@H](c1cc(C)ccc1C)C(=O)N2c1ccccc1. The fourth-order valence-corrected chi connectivity index (χ4v) is 4.90. The highest BCUT2D eigenvalue weighted by molar-refractivity contribution is 6.25. The number of para-hydroxylation sites is 1. The molecule has 1 amide bonds. The van der Waals surface area contributed by atoms with Gasteiger partial charge >= 0.3 is 0 Å². The van der Waals surface area contributed by atoms with E-state index in [9.17, 15) is 9.59 Å². The van der Waals surface area contributed by atoms with E-state index in [0.717, 1.165) is 35.2 Å². The van der Waals surface area contributed by atoms with Gasteiger partial charge in [0.2, 0.25) is 5.91 Å². The van der Waals surface area contributed by atoms with E-state index in [0.29, 0.717) is 12.8 Å². The van der Waals surface area contributed by atoms with Crippen LogP contribution in [0.1, 0.15) is 48.3 Å². The maximum atomic E-state index is 13.8. The minimum absolute atomic E-state index is 0.0459. The second-order valence-electron chi connectivity index (χ2n) is 8.13. The van der Waals surface area contributed by atoms with E-state index < -0.39 is 11.5 Å². The van der Waals surface area contributed by atoms with Gasteiger partial charge in [-0.3, -0.25) is 14.5 Å². The van der Waals surface area contributed by atoms with Gasteiger partial charge in [-0.1, -0.05) is 42.0 Å². The Morgan fingerprint density at radius 2 is 1.68 bits per heavy atom. The number of nitrogens with zero attached hydrogens (tertiary/aromatic N) is 1. The fourth-order valence-electron chi connectivity index (χ4n) is 4.90. The Labute approximate surface area is 166 Å². The van der Waals surface area contributed by atoms with Crippen molar-refractivity contribution in [2.45, 2.75) is 57.1 Å². The molecule has 1 aliphatic carbocycles. The van der Waals surface area contributed by atoms with Gasteiger partial charge in [0, 0.05) is 12.8 Å². The average molecular weight is 377 g/mol. The zero-order valence-corrected chi connectivity index (χ0v) is 16.8. The van der Waals surface area contributed by atoms with Crippen molar-refractivity contribution in [3.63, 3.8) is 0 Å². The lowest BCUT2D eigenvalue weighted by molar-refractivity contribution is -0.126. The lowest BCUT2D eigenvalue weighted by Gasteiger charge is -2.41. The first-order valence-electron chi connectivity index (χ1n) is 10.0. The normalized spacial score (nSPS) is 27.6. The minimum atomic E-state index is -0.770. The molecule has 146 valence electrons. The van der Waals surface area contributed by atoms with Crippen molar-refractivity contribution in [3.8, 4) is 0 Å². The Bertz CT molecular complexity index is 897. The molecular weight excluding hydrogens is 350 g/mol. The topological polar surface area (TPSA) is 46.6 Å². The summed E-state index contributed by atoms with van der Waals surface area (Å²) < 4.78 is 5.53. The number of amides is 1. The molecule has 2 aliphatic rings. The van der Waals surface area contributed by atoms with Gasteiger partial charge in [-0.2, -0.15) is 0 Å². The number of hydrogen-bond acceptors (Lipinski definition) is 3. The Balaban J connectivity index is 1.83. The summed E-state index contributed by atoms with van der Waals surface area (Å²) in [4.78, 5) is 29.3. The van der Waals surface area contributed by atoms with Crippen LogP contribution in [-0.4, -0.2) is 30.4 Å². The smallest absolute Gasteiger partial charge is 0.243 e. The molecule has 1 saturated heterocycles. The van der Waals surface area contributed by atoms with Crippen molar-refractivity contribution in [2.24, 2.45) is 0 Å². The number of methoxy groups -OCH3 is 1. The molecule has 1 heterocycles. The van der Waals surface area contributed by atoms with Crippen molar-refractivity contribution >= 4 is 17.4 Å². The van der Waals surface area contributed by atoms with Gasteiger partial charge in [-0.15, -0.1) is 0 Å². The summed E-state index contributed by atoms with van der Waals surface area (Å²) in [5.41, 5.74) is 2.95. The first kappa shape index (κ1) is 18.9. The summed E-state index contributed by atoms with van der Waals surface area (Å²) >= 11 is 0. The van der Waals surface area contributed by atoms with Crippen LogP contribution in [0.3, 0.4) is 0 Å². The second kappa shape index (κ2) is 7.17. The maximum Gasteiger partial charge on any atom is 0.243 e. The Morgan fingerprint density at radius 1 is 1.00 bits per heavy atom. The van der Waals surface area contributed by atoms with E-state index in [1.807, 2.05) is 62.4 Å². The van der Waals surface area contributed by atoms with E-state index in [4.69, 9.17) is 4.74 Å². The van der Waals surface area contributed by atoms with Gasteiger partial charge in [0.25, 0.3) is 0 Å². The molecule has 1 saturated carbocycles. The second-order valence-corrected chi connectivity index (χ2v) is 8.13. The standard InChI is InChI=1S/C24H27NO3/c1-16-9-10-17(2)20(15-16)21-22(26)24(13-11-19(28-3)12-14-24)25(23(21)27)18-7-5-4-6-8-18/h4-10,15,19,21H,11-14H2,1-3H3/t19?,21-,24?/m1/s1. The molecule has 2 aromatic carbocycles. The summed E-state index contributed by atoms with van der Waals surface area (Å²) in [6, 6.07) is 15.7. The minimum Gasteiger partial charge on any atom is -0.381 e. The molecule has 0 radical (unpaired) electrons. The molecule has 0 aromatic heterocycles. The molecule has 1 spiro atoms. The number of carbonyl (C=O) groups is 2. The van der Waals surface area contributed by atoms with Crippen LogP contribution in [0.4, 0.5) is 5.69 Å². The largest absolute Gasteiger partial charge is 0.381 e. The van der Waals surface area contributed by atoms with E-state index in [1.165, 1.54) is 0 Å². The molecule has 0 unspecified atom stereocenters. The zero-order chi connectivity index (χ0) is 19.9. The summed E-state index contributed by atoms with van der Waals surface area (Å²) in [6.07, 6.45) is 3.03. The molecule has 1 atom stereocenters. The molecule has 2 aromatic rings. The molecule has 4 nitrogen and oxygen atoms in total.